The first kappa shape index (κ1) is 9.07. The van der Waals surface area contributed by atoms with E-state index >= 15 is 0 Å². The summed E-state index contributed by atoms with van der Waals surface area (Å²) in [5.41, 5.74) is 0. The summed E-state index contributed by atoms with van der Waals surface area (Å²) in [7, 11) is 0. The maximum absolute atomic E-state index is 2.76. The average Bonchev–Trinajstić information content (AvgIpc) is 1.77. The fraction of sp³-hybridized carbons (Fsp3) is 1.00. The van der Waals surface area contributed by atoms with Crippen LogP contribution in [-0.2, 0) is 0 Å². The summed E-state index contributed by atoms with van der Waals surface area (Å²) in [6.45, 7) is 2.44. The minimum absolute atomic E-state index is 0.920. The minimum atomic E-state index is -0.920. The summed E-state index contributed by atoms with van der Waals surface area (Å²) in [6.07, 6.45) is 3.59. The molecule has 1 atom stereocenters. The quantitative estimate of drug-likeness (QED) is 0.415. The van der Waals surface area contributed by atoms with Crippen molar-refractivity contribution in [2.75, 3.05) is 0 Å². The van der Waals surface area contributed by atoms with Gasteiger partial charge in [-0.2, -0.15) is 0 Å². The normalized spacial score (nSPS) is 37.9. The van der Waals surface area contributed by atoms with Crippen LogP contribution < -0.4 is 0 Å². The monoisotopic (exact) mass is 418 g/mol. The van der Waals surface area contributed by atoms with Crippen LogP contribution in [0, 0.1) is 0 Å². The summed E-state index contributed by atoms with van der Waals surface area (Å²) in [5.74, 6) is 0. The molecule has 56 valence electrons. The maximum atomic E-state index is 2.76. The molecule has 1 aliphatic rings. The Kier molecular flexibility index (Phi) is 3.61. The van der Waals surface area contributed by atoms with Gasteiger partial charge in [-0.25, -0.2) is 0 Å². The summed E-state index contributed by atoms with van der Waals surface area (Å²) in [4.78, 5) is 1.08. The first-order valence-electron chi connectivity index (χ1n) is 3.32. The number of hydrogen-bond donors (Lipinski definition) is 0. The van der Waals surface area contributed by atoms with E-state index in [1.165, 1.54) is 19.3 Å². The molecule has 0 spiro atoms. The van der Waals surface area contributed by atoms with E-state index in [0.717, 1.165) is 4.82 Å². The molecule has 0 bridgehead atoms. The second-order valence-corrected chi connectivity index (χ2v) is 32.9. The summed E-state index contributed by atoms with van der Waals surface area (Å²) < 4.78 is 0. The van der Waals surface area contributed by atoms with E-state index in [-0.39, 0.29) is 0 Å². The number of halogens is 2. The molecule has 0 aliphatic carbocycles. The molecule has 0 aromatic heterocycles. The third-order valence-electron chi connectivity index (χ3n) is 1.87. The molecule has 9 heavy (non-hydrogen) atoms. The molecule has 0 radical (unpaired) electrons. The van der Waals surface area contributed by atoms with Crippen molar-refractivity contribution in [1.29, 1.82) is 0 Å². The van der Waals surface area contributed by atoms with Crippen LogP contribution >= 0.6 is 40.7 Å². The zero-order valence-electron chi connectivity index (χ0n) is 5.57. The predicted molar refractivity (Wildman–Crippen MR) is 61.9 cm³/mol. The van der Waals surface area contributed by atoms with Gasteiger partial charge in [-0.1, -0.05) is 0 Å². The third kappa shape index (κ3) is 2.49. The molecule has 0 N–H and O–H groups in total. The van der Waals surface area contributed by atoms with Crippen LogP contribution in [0.3, 0.4) is 0 Å². The summed E-state index contributed by atoms with van der Waals surface area (Å²) in [6, 6.07) is 0. The van der Waals surface area contributed by atoms with Gasteiger partial charge in [-0.05, 0) is 0 Å². The molecule has 1 heterocycles. The Hall–Kier alpha value is 1.98. The molecular formula is C6H12I2Se. The second kappa shape index (κ2) is 3.59. The molecular weight excluding hydrogens is 405 g/mol. The van der Waals surface area contributed by atoms with Gasteiger partial charge in [0.05, 0.1) is 0 Å². The van der Waals surface area contributed by atoms with Crippen LogP contribution in [0.15, 0.2) is 0 Å². The van der Waals surface area contributed by atoms with E-state index in [1.54, 1.807) is 5.32 Å². The molecule has 1 fully saturated rings. The van der Waals surface area contributed by atoms with Crippen LogP contribution in [0.2, 0.25) is 10.1 Å². The Labute approximate surface area is 82.3 Å². The van der Waals surface area contributed by atoms with Gasteiger partial charge in [-0.3, -0.25) is 0 Å². The van der Waals surface area contributed by atoms with Crippen molar-refractivity contribution in [3.05, 3.63) is 0 Å². The molecule has 0 saturated carbocycles. The van der Waals surface area contributed by atoms with Crippen molar-refractivity contribution in [2.45, 2.75) is 36.3 Å². The van der Waals surface area contributed by atoms with E-state index in [1.807, 2.05) is 0 Å². The molecule has 0 aromatic carbocycles. The Balaban J connectivity index is 2.49. The molecule has 0 amide bonds. The first-order valence-corrected chi connectivity index (χ1v) is 16.0. The van der Waals surface area contributed by atoms with Crippen LogP contribution in [0.25, 0.3) is 0 Å². The van der Waals surface area contributed by atoms with Gasteiger partial charge >= 0.3 is 83.4 Å². The molecule has 1 unspecified atom stereocenters. The van der Waals surface area contributed by atoms with Gasteiger partial charge in [0, 0.05) is 0 Å². The zero-order valence-corrected chi connectivity index (χ0v) is 11.6. The van der Waals surface area contributed by atoms with Crippen molar-refractivity contribution in [2.24, 2.45) is 0 Å². The Morgan fingerprint density at radius 1 is 1.33 bits per heavy atom. The Bertz CT molecular complexity index is 103. The van der Waals surface area contributed by atoms with Gasteiger partial charge in [0.2, 0.25) is 0 Å². The fourth-order valence-electron chi connectivity index (χ4n) is 1.10. The molecule has 3 heteroatoms. The summed E-state index contributed by atoms with van der Waals surface area (Å²) in [5, 5.41) is 1.57. The van der Waals surface area contributed by atoms with E-state index in [4.69, 9.17) is 0 Å². The predicted octanol–water partition coefficient (Wildman–Crippen LogP) is 3.87. The van der Waals surface area contributed by atoms with Crippen LogP contribution in [0.1, 0.15) is 26.2 Å². The van der Waals surface area contributed by atoms with Gasteiger partial charge < -0.3 is 0 Å². The van der Waals surface area contributed by atoms with Crippen molar-refractivity contribution in [3.8, 4) is 0 Å². The van der Waals surface area contributed by atoms with E-state index in [0.29, 0.717) is 0 Å². The molecule has 0 aromatic rings. The zero-order chi connectivity index (χ0) is 6.91. The molecule has 1 aliphatic heterocycles. The van der Waals surface area contributed by atoms with E-state index in [2.05, 4.69) is 47.6 Å². The Morgan fingerprint density at radius 3 is 2.33 bits per heavy atom. The fourth-order valence-corrected chi connectivity index (χ4v) is 10.1. The van der Waals surface area contributed by atoms with E-state index in [9.17, 15) is 0 Å². The average molecular weight is 417 g/mol. The van der Waals surface area contributed by atoms with Crippen molar-refractivity contribution >= 4 is 47.0 Å². The standard InChI is InChI=1S/C6H12I2Se/c1-6-4-2-3-5-9(6,7)8/h6H,2-5H2,1H3. The van der Waals surface area contributed by atoms with Gasteiger partial charge in [0.1, 0.15) is 0 Å². The van der Waals surface area contributed by atoms with Crippen LogP contribution in [0.5, 0.6) is 0 Å². The molecule has 1 rings (SSSR count). The molecule has 1 saturated heterocycles. The first-order chi connectivity index (χ1) is 4.13. The number of hydrogen-bond acceptors (Lipinski definition) is 0. The van der Waals surface area contributed by atoms with Crippen molar-refractivity contribution in [1.82, 2.24) is 0 Å². The SMILES string of the molecule is CC1CCCC[Se]1(I)I. The molecule has 0 nitrogen and oxygen atoms in total. The van der Waals surface area contributed by atoms with Gasteiger partial charge in [0.15, 0.2) is 0 Å². The van der Waals surface area contributed by atoms with Gasteiger partial charge in [-0.15, -0.1) is 0 Å². The second-order valence-electron chi connectivity index (χ2n) is 2.63. The van der Waals surface area contributed by atoms with Crippen molar-refractivity contribution < 1.29 is 0 Å². The van der Waals surface area contributed by atoms with Crippen LogP contribution in [0.4, 0.5) is 0 Å². The van der Waals surface area contributed by atoms with Crippen molar-refractivity contribution in [3.63, 3.8) is 0 Å². The third-order valence-corrected chi connectivity index (χ3v) is 20.2. The van der Waals surface area contributed by atoms with Gasteiger partial charge in [0.25, 0.3) is 0 Å². The van der Waals surface area contributed by atoms with E-state index < -0.39 is 6.35 Å². The number of rotatable bonds is 0. The summed E-state index contributed by atoms with van der Waals surface area (Å²) >= 11 is 5.52. The topological polar surface area (TPSA) is 0 Å². The van der Waals surface area contributed by atoms with Crippen LogP contribution in [-0.4, -0.2) is 6.35 Å². The Morgan fingerprint density at radius 2 is 2.00 bits per heavy atom.